The van der Waals surface area contributed by atoms with Crippen LogP contribution in [0.4, 0.5) is 14.9 Å². The van der Waals surface area contributed by atoms with Gasteiger partial charge in [0.2, 0.25) is 0 Å². The third-order valence-electron chi connectivity index (χ3n) is 2.69. The molecule has 2 unspecified atom stereocenters. The van der Waals surface area contributed by atoms with Crippen LogP contribution < -0.4 is 10.6 Å². The maximum Gasteiger partial charge on any atom is 0.340 e. The van der Waals surface area contributed by atoms with Gasteiger partial charge in [0.15, 0.2) is 0 Å². The van der Waals surface area contributed by atoms with E-state index in [0.717, 1.165) is 6.07 Å². The summed E-state index contributed by atoms with van der Waals surface area (Å²) in [7, 11) is -0.951. The van der Waals surface area contributed by atoms with Crippen molar-refractivity contribution < 1.29 is 23.3 Å². The van der Waals surface area contributed by atoms with Gasteiger partial charge < -0.3 is 15.7 Å². The number of urea groups is 1. The van der Waals surface area contributed by atoms with Crippen molar-refractivity contribution in [2.24, 2.45) is 0 Å². The lowest BCUT2D eigenvalue weighted by atomic mass is 10.1. The number of benzene rings is 1. The number of rotatable bonds is 6. The SMILES string of the molecule is CC(CCS(C)=O)NC(=O)Nc1cccc(F)c1C(=O)O. The lowest BCUT2D eigenvalue weighted by Crippen LogP contribution is -2.37. The van der Waals surface area contributed by atoms with Crippen molar-refractivity contribution >= 4 is 28.5 Å². The van der Waals surface area contributed by atoms with Crippen LogP contribution in [0.3, 0.4) is 0 Å². The van der Waals surface area contributed by atoms with Crippen LogP contribution in [-0.4, -0.2) is 39.4 Å². The summed E-state index contributed by atoms with van der Waals surface area (Å²) in [6, 6.07) is 2.73. The van der Waals surface area contributed by atoms with Crippen LogP contribution in [0.1, 0.15) is 23.7 Å². The largest absolute Gasteiger partial charge is 0.478 e. The number of carbonyl (C=O) groups excluding carboxylic acids is 1. The Morgan fingerprint density at radius 3 is 2.67 bits per heavy atom. The average Bonchev–Trinajstić information content (AvgIpc) is 2.35. The number of aromatic carboxylic acids is 1. The molecule has 0 fully saturated rings. The summed E-state index contributed by atoms with van der Waals surface area (Å²) in [4.78, 5) is 22.7. The fraction of sp³-hybridized carbons (Fsp3) is 0.385. The Hall–Kier alpha value is -1.96. The molecule has 0 aliphatic rings. The summed E-state index contributed by atoms with van der Waals surface area (Å²) in [5, 5.41) is 13.8. The standard InChI is InChI=1S/C13H17FN2O4S/c1-8(6-7-21(2)20)15-13(19)16-10-5-3-4-9(14)11(10)12(17)18/h3-5,8H,6-7H2,1-2H3,(H,17,18)(H2,15,16,19). The smallest absolute Gasteiger partial charge is 0.340 e. The number of carboxylic acids is 1. The highest BCUT2D eigenvalue weighted by Crippen LogP contribution is 2.18. The lowest BCUT2D eigenvalue weighted by molar-refractivity contribution is 0.0693. The normalized spacial score (nSPS) is 13.3. The molecule has 0 aromatic heterocycles. The minimum absolute atomic E-state index is 0.119. The van der Waals surface area contributed by atoms with Gasteiger partial charge in [0, 0.05) is 28.9 Å². The topological polar surface area (TPSA) is 95.5 Å². The van der Waals surface area contributed by atoms with Crippen LogP contribution in [0, 0.1) is 5.82 Å². The number of carboxylic acid groups (broad SMARTS) is 1. The highest BCUT2D eigenvalue weighted by atomic mass is 32.2. The molecule has 0 spiro atoms. The molecular weight excluding hydrogens is 299 g/mol. The molecule has 1 aromatic carbocycles. The van der Waals surface area contributed by atoms with E-state index < -0.39 is 34.2 Å². The molecule has 0 radical (unpaired) electrons. The van der Waals surface area contributed by atoms with E-state index in [1.165, 1.54) is 12.1 Å². The fourth-order valence-corrected chi connectivity index (χ4v) is 2.33. The van der Waals surface area contributed by atoms with Gasteiger partial charge in [-0.05, 0) is 25.5 Å². The van der Waals surface area contributed by atoms with Crippen molar-refractivity contribution in [3.63, 3.8) is 0 Å². The number of hydrogen-bond donors (Lipinski definition) is 3. The van der Waals surface area contributed by atoms with E-state index in [2.05, 4.69) is 10.6 Å². The average molecular weight is 316 g/mol. The Balaban J connectivity index is 2.69. The fourth-order valence-electron chi connectivity index (χ4n) is 1.64. The Labute approximate surface area is 124 Å². The summed E-state index contributed by atoms with van der Waals surface area (Å²) in [5.74, 6) is -1.94. The molecule has 0 aliphatic carbocycles. The second-order valence-corrected chi connectivity index (χ2v) is 6.09. The van der Waals surface area contributed by atoms with Crippen molar-refractivity contribution in [1.29, 1.82) is 0 Å². The molecule has 0 heterocycles. The van der Waals surface area contributed by atoms with E-state index in [-0.39, 0.29) is 11.7 Å². The summed E-state index contributed by atoms with van der Waals surface area (Å²) >= 11 is 0. The third-order valence-corrected chi connectivity index (χ3v) is 3.50. The van der Waals surface area contributed by atoms with Crippen LogP contribution in [0.25, 0.3) is 0 Å². The molecule has 3 N–H and O–H groups in total. The van der Waals surface area contributed by atoms with Crippen LogP contribution in [0.2, 0.25) is 0 Å². The number of hydrogen-bond acceptors (Lipinski definition) is 3. The molecule has 116 valence electrons. The van der Waals surface area contributed by atoms with Crippen LogP contribution in [0.5, 0.6) is 0 Å². The number of anilines is 1. The van der Waals surface area contributed by atoms with Crippen LogP contribution in [-0.2, 0) is 10.8 Å². The lowest BCUT2D eigenvalue weighted by Gasteiger charge is -2.15. The van der Waals surface area contributed by atoms with E-state index in [1.807, 2.05) is 0 Å². The molecule has 8 heteroatoms. The predicted octanol–water partition coefficient (Wildman–Crippen LogP) is 1.80. The molecule has 0 saturated heterocycles. The first-order valence-corrected chi connectivity index (χ1v) is 7.93. The second kappa shape index (κ2) is 7.72. The van der Waals surface area contributed by atoms with E-state index in [0.29, 0.717) is 12.2 Å². The predicted molar refractivity (Wildman–Crippen MR) is 78.5 cm³/mol. The van der Waals surface area contributed by atoms with Gasteiger partial charge in [0.1, 0.15) is 11.4 Å². The number of nitrogens with one attached hydrogen (secondary N) is 2. The van der Waals surface area contributed by atoms with Gasteiger partial charge in [0.25, 0.3) is 0 Å². The number of carbonyl (C=O) groups is 2. The second-order valence-electron chi connectivity index (χ2n) is 4.53. The first kappa shape index (κ1) is 17.1. The van der Waals surface area contributed by atoms with Gasteiger partial charge in [-0.15, -0.1) is 0 Å². The van der Waals surface area contributed by atoms with Gasteiger partial charge in [-0.3, -0.25) is 4.21 Å². The highest BCUT2D eigenvalue weighted by molar-refractivity contribution is 7.84. The summed E-state index contributed by atoms with van der Waals surface area (Å²) in [6.45, 7) is 1.73. The Bertz CT molecular complexity index is 565. The van der Waals surface area contributed by atoms with Gasteiger partial charge in [-0.25, -0.2) is 14.0 Å². The van der Waals surface area contributed by atoms with Crippen molar-refractivity contribution in [3.05, 3.63) is 29.6 Å². The molecular formula is C13H17FN2O4S. The van der Waals surface area contributed by atoms with E-state index in [9.17, 15) is 18.2 Å². The molecule has 2 atom stereocenters. The van der Waals surface area contributed by atoms with Gasteiger partial charge in [-0.2, -0.15) is 0 Å². The summed E-state index contributed by atoms with van der Waals surface area (Å²) in [5.41, 5.74) is -0.707. The molecule has 0 saturated carbocycles. The quantitative estimate of drug-likeness (QED) is 0.746. The molecule has 6 nitrogen and oxygen atoms in total. The van der Waals surface area contributed by atoms with Gasteiger partial charge in [0.05, 0.1) is 5.69 Å². The molecule has 0 aliphatic heterocycles. The molecule has 1 rings (SSSR count). The first-order valence-electron chi connectivity index (χ1n) is 6.20. The van der Waals surface area contributed by atoms with Crippen LogP contribution >= 0.6 is 0 Å². The molecule has 2 amide bonds. The Kier molecular flexibility index (Phi) is 6.29. The first-order chi connectivity index (χ1) is 9.81. The molecule has 1 aromatic rings. The highest BCUT2D eigenvalue weighted by Gasteiger charge is 2.17. The number of amides is 2. The minimum Gasteiger partial charge on any atom is -0.478 e. The zero-order valence-corrected chi connectivity index (χ0v) is 12.5. The van der Waals surface area contributed by atoms with Gasteiger partial charge in [-0.1, -0.05) is 6.07 Å². The molecule has 0 bridgehead atoms. The molecule has 21 heavy (non-hydrogen) atoms. The monoisotopic (exact) mass is 316 g/mol. The Morgan fingerprint density at radius 1 is 1.43 bits per heavy atom. The third kappa shape index (κ3) is 5.50. The summed E-state index contributed by atoms with van der Waals surface area (Å²) in [6.07, 6.45) is 2.09. The van der Waals surface area contributed by atoms with Crippen LogP contribution in [0.15, 0.2) is 18.2 Å². The minimum atomic E-state index is -1.46. The van der Waals surface area contributed by atoms with Gasteiger partial charge >= 0.3 is 12.0 Å². The van der Waals surface area contributed by atoms with E-state index >= 15 is 0 Å². The maximum atomic E-state index is 13.4. The van der Waals surface area contributed by atoms with Crippen molar-refractivity contribution in [2.75, 3.05) is 17.3 Å². The van der Waals surface area contributed by atoms with E-state index in [4.69, 9.17) is 5.11 Å². The zero-order chi connectivity index (χ0) is 16.0. The Morgan fingerprint density at radius 2 is 2.10 bits per heavy atom. The zero-order valence-electron chi connectivity index (χ0n) is 11.7. The summed E-state index contributed by atoms with van der Waals surface area (Å²) < 4.78 is 24.4. The number of halogens is 1. The van der Waals surface area contributed by atoms with Crippen molar-refractivity contribution in [2.45, 2.75) is 19.4 Å². The van der Waals surface area contributed by atoms with Crippen molar-refractivity contribution in [3.8, 4) is 0 Å². The van der Waals surface area contributed by atoms with Crippen molar-refractivity contribution in [1.82, 2.24) is 5.32 Å². The maximum absolute atomic E-state index is 13.4. The van der Waals surface area contributed by atoms with E-state index in [1.54, 1.807) is 13.2 Å².